The van der Waals surface area contributed by atoms with Crippen LogP contribution in [0.4, 0.5) is 5.82 Å². The Labute approximate surface area is 217 Å². The highest BCUT2D eigenvalue weighted by molar-refractivity contribution is 14.0. The number of H-pyrrole nitrogens is 1. The number of para-hydroxylation sites is 1. The summed E-state index contributed by atoms with van der Waals surface area (Å²) in [7, 11) is 0. The van der Waals surface area contributed by atoms with Crippen LogP contribution in [0.3, 0.4) is 0 Å². The maximum absolute atomic E-state index is 11.5. The summed E-state index contributed by atoms with van der Waals surface area (Å²) in [6.07, 6.45) is 6.34. The average Bonchev–Trinajstić information content (AvgIpc) is 3.26. The number of aromatic amines is 1. The SMILES string of the molecule is CCNC(=NCc1cccnc1N1CCC(C(N)=O)CC1)NCCc1c[nH]c2ccccc12.I. The Morgan fingerprint density at radius 2 is 1.97 bits per heavy atom. The molecule has 0 atom stereocenters. The third-order valence-electron chi connectivity index (χ3n) is 6.18. The molecule has 182 valence electrons. The van der Waals surface area contributed by atoms with Crippen molar-refractivity contribution < 1.29 is 4.79 Å². The summed E-state index contributed by atoms with van der Waals surface area (Å²) in [6.45, 7) is 5.73. The lowest BCUT2D eigenvalue weighted by molar-refractivity contribution is -0.122. The number of hydrogen-bond donors (Lipinski definition) is 4. The molecule has 1 fully saturated rings. The Balaban J connectivity index is 0.00000324. The van der Waals surface area contributed by atoms with Crippen molar-refractivity contribution in [1.82, 2.24) is 20.6 Å². The number of aromatic nitrogens is 2. The lowest BCUT2D eigenvalue weighted by atomic mass is 9.96. The van der Waals surface area contributed by atoms with Crippen molar-refractivity contribution in [1.29, 1.82) is 0 Å². The molecule has 0 saturated carbocycles. The number of nitrogens with zero attached hydrogens (tertiary/aromatic N) is 3. The van der Waals surface area contributed by atoms with Crippen LogP contribution in [-0.2, 0) is 17.8 Å². The van der Waals surface area contributed by atoms with Crippen LogP contribution < -0.4 is 21.3 Å². The summed E-state index contributed by atoms with van der Waals surface area (Å²) >= 11 is 0. The highest BCUT2D eigenvalue weighted by Gasteiger charge is 2.24. The van der Waals surface area contributed by atoms with Crippen molar-refractivity contribution in [3.8, 4) is 0 Å². The van der Waals surface area contributed by atoms with Crippen LogP contribution in [0.2, 0.25) is 0 Å². The van der Waals surface area contributed by atoms with Gasteiger partial charge in [-0.15, -0.1) is 24.0 Å². The van der Waals surface area contributed by atoms with E-state index in [1.807, 2.05) is 18.3 Å². The second-order valence-electron chi connectivity index (χ2n) is 8.38. The Morgan fingerprint density at radius 3 is 2.74 bits per heavy atom. The fourth-order valence-electron chi connectivity index (χ4n) is 4.37. The second kappa shape index (κ2) is 12.6. The maximum Gasteiger partial charge on any atom is 0.220 e. The molecule has 0 unspecified atom stereocenters. The number of hydrogen-bond acceptors (Lipinski definition) is 4. The molecule has 1 aromatic carbocycles. The molecule has 3 heterocycles. The molecule has 2 aromatic heterocycles. The van der Waals surface area contributed by atoms with Gasteiger partial charge in [0.1, 0.15) is 5.82 Å². The summed E-state index contributed by atoms with van der Waals surface area (Å²) in [6, 6.07) is 12.4. The minimum absolute atomic E-state index is 0. The Kier molecular flexibility index (Phi) is 9.55. The molecule has 5 N–H and O–H groups in total. The predicted octanol–water partition coefficient (Wildman–Crippen LogP) is 3.18. The number of benzene rings is 1. The summed E-state index contributed by atoms with van der Waals surface area (Å²) in [5.41, 5.74) is 9.01. The van der Waals surface area contributed by atoms with E-state index < -0.39 is 0 Å². The lowest BCUT2D eigenvalue weighted by Crippen LogP contribution is -2.39. The van der Waals surface area contributed by atoms with E-state index >= 15 is 0 Å². The monoisotopic (exact) mass is 575 g/mol. The first-order valence-electron chi connectivity index (χ1n) is 11.7. The van der Waals surface area contributed by atoms with Gasteiger partial charge in [0.25, 0.3) is 0 Å². The quantitative estimate of drug-likeness (QED) is 0.187. The normalized spacial score (nSPS) is 14.6. The van der Waals surface area contributed by atoms with Gasteiger partial charge in [0.05, 0.1) is 6.54 Å². The number of carbonyl (C=O) groups excluding carboxylic acids is 1. The van der Waals surface area contributed by atoms with Crippen molar-refractivity contribution >= 4 is 52.6 Å². The number of anilines is 1. The van der Waals surface area contributed by atoms with Crippen LogP contribution in [0.1, 0.15) is 30.9 Å². The first-order chi connectivity index (χ1) is 16.2. The molecule has 0 radical (unpaired) electrons. The summed E-state index contributed by atoms with van der Waals surface area (Å²) in [4.78, 5) is 26.5. The molecule has 1 aliphatic heterocycles. The first-order valence-corrected chi connectivity index (χ1v) is 11.7. The van der Waals surface area contributed by atoms with E-state index in [2.05, 4.69) is 62.9 Å². The molecule has 9 heteroatoms. The Morgan fingerprint density at radius 1 is 1.18 bits per heavy atom. The fraction of sp³-hybridized carbons (Fsp3) is 0.400. The Bertz CT molecular complexity index is 1110. The highest BCUT2D eigenvalue weighted by Crippen LogP contribution is 2.25. The van der Waals surface area contributed by atoms with Crippen molar-refractivity contribution in [2.45, 2.75) is 32.7 Å². The fourth-order valence-corrected chi connectivity index (χ4v) is 4.37. The predicted molar refractivity (Wildman–Crippen MR) is 149 cm³/mol. The first kappa shape index (κ1) is 25.8. The van der Waals surface area contributed by atoms with Gasteiger partial charge in [0.15, 0.2) is 5.96 Å². The largest absolute Gasteiger partial charge is 0.369 e. The molecular formula is C25H34IN7O. The van der Waals surface area contributed by atoms with E-state index in [1.54, 1.807) is 0 Å². The number of fused-ring (bicyclic) bond motifs is 1. The van der Waals surface area contributed by atoms with Crippen LogP contribution in [0.15, 0.2) is 53.8 Å². The van der Waals surface area contributed by atoms with E-state index in [-0.39, 0.29) is 35.8 Å². The van der Waals surface area contributed by atoms with Crippen LogP contribution >= 0.6 is 24.0 Å². The topological polar surface area (TPSA) is 111 Å². The zero-order valence-corrected chi connectivity index (χ0v) is 21.9. The van der Waals surface area contributed by atoms with Crippen LogP contribution in [0.25, 0.3) is 10.9 Å². The van der Waals surface area contributed by atoms with Gasteiger partial charge in [-0.1, -0.05) is 24.3 Å². The lowest BCUT2D eigenvalue weighted by Gasteiger charge is -2.32. The molecule has 4 rings (SSSR count). The number of primary amides is 1. The number of nitrogens with two attached hydrogens (primary N) is 1. The minimum Gasteiger partial charge on any atom is -0.369 e. The van der Waals surface area contributed by atoms with Crippen molar-refractivity contribution in [2.24, 2.45) is 16.6 Å². The van der Waals surface area contributed by atoms with Gasteiger partial charge >= 0.3 is 0 Å². The number of amides is 1. The van der Waals surface area contributed by atoms with Gasteiger partial charge in [-0.2, -0.15) is 0 Å². The van der Waals surface area contributed by atoms with Crippen LogP contribution in [-0.4, -0.2) is 48.0 Å². The number of nitrogens with one attached hydrogen (secondary N) is 3. The molecule has 1 aliphatic rings. The molecule has 3 aromatic rings. The molecular weight excluding hydrogens is 541 g/mol. The number of aliphatic imine (C=N–C) groups is 1. The molecule has 0 bridgehead atoms. The van der Waals surface area contributed by atoms with Gasteiger partial charge in [-0.25, -0.2) is 9.98 Å². The van der Waals surface area contributed by atoms with Crippen molar-refractivity contribution in [3.63, 3.8) is 0 Å². The second-order valence-corrected chi connectivity index (χ2v) is 8.38. The summed E-state index contributed by atoms with van der Waals surface area (Å²) in [5, 5.41) is 8.05. The standard InChI is InChI=1S/C25H33N7O.HI/c1-2-27-25(29-13-9-19-16-30-22-8-4-3-7-21(19)22)31-17-20-6-5-12-28-24(20)32-14-10-18(11-15-32)23(26)33;/h3-8,12,16,18,30H,2,9-11,13-15,17H2,1H3,(H2,26,33)(H2,27,29,31);1H. The highest BCUT2D eigenvalue weighted by atomic mass is 127. The van der Waals surface area contributed by atoms with E-state index in [1.165, 1.54) is 10.9 Å². The number of carbonyl (C=O) groups is 1. The number of pyridine rings is 1. The number of piperidine rings is 1. The number of rotatable bonds is 8. The van der Waals surface area contributed by atoms with Crippen LogP contribution in [0.5, 0.6) is 0 Å². The maximum atomic E-state index is 11.5. The van der Waals surface area contributed by atoms with Gasteiger partial charge in [0.2, 0.25) is 5.91 Å². The van der Waals surface area contributed by atoms with Crippen molar-refractivity contribution in [2.75, 3.05) is 31.1 Å². The summed E-state index contributed by atoms with van der Waals surface area (Å²) in [5.74, 6) is 1.50. The molecule has 0 aliphatic carbocycles. The van der Waals surface area contributed by atoms with Gasteiger partial charge < -0.3 is 26.3 Å². The number of halogens is 1. The summed E-state index contributed by atoms with van der Waals surface area (Å²) < 4.78 is 0. The average molecular weight is 575 g/mol. The van der Waals surface area contributed by atoms with Gasteiger partial charge in [-0.05, 0) is 43.9 Å². The van der Waals surface area contributed by atoms with Crippen LogP contribution in [0, 0.1) is 5.92 Å². The molecule has 8 nitrogen and oxygen atoms in total. The third-order valence-corrected chi connectivity index (χ3v) is 6.18. The van der Waals surface area contributed by atoms with Gasteiger partial charge in [0, 0.05) is 61.0 Å². The van der Waals surface area contributed by atoms with E-state index in [4.69, 9.17) is 10.7 Å². The molecule has 0 spiro atoms. The molecule has 1 amide bonds. The van der Waals surface area contributed by atoms with Crippen molar-refractivity contribution in [3.05, 3.63) is 59.9 Å². The van der Waals surface area contributed by atoms with Gasteiger partial charge in [-0.3, -0.25) is 4.79 Å². The van der Waals surface area contributed by atoms with E-state index in [0.29, 0.717) is 6.54 Å². The third kappa shape index (κ3) is 6.40. The zero-order valence-electron chi connectivity index (χ0n) is 19.6. The molecule has 34 heavy (non-hydrogen) atoms. The smallest absolute Gasteiger partial charge is 0.220 e. The zero-order chi connectivity index (χ0) is 23.0. The number of guanidine groups is 1. The van der Waals surface area contributed by atoms with E-state index in [0.717, 1.165) is 68.3 Å². The Hall–Kier alpha value is -2.82. The molecule has 1 saturated heterocycles. The minimum atomic E-state index is -0.200. The van der Waals surface area contributed by atoms with E-state index in [9.17, 15) is 4.79 Å².